The summed E-state index contributed by atoms with van der Waals surface area (Å²) in [5, 5.41) is 9.06. The summed E-state index contributed by atoms with van der Waals surface area (Å²) in [5.41, 5.74) is 0. The largest absolute Gasteiger partial charge is 0.390 e. The zero-order chi connectivity index (χ0) is 5.98. The van der Waals surface area contributed by atoms with Gasteiger partial charge in [0.2, 0.25) is 0 Å². The molecule has 2 heteroatoms. The first-order valence-electron chi connectivity index (χ1n) is 3.14. The quantitative estimate of drug-likeness (QED) is 0.542. The molecule has 0 aromatic heterocycles. The minimum Gasteiger partial charge on any atom is -0.390 e. The maximum Gasteiger partial charge on any atom is 0.0832 e. The Morgan fingerprint density at radius 1 is 1.75 bits per heavy atom. The second-order valence-electron chi connectivity index (χ2n) is 2.17. The summed E-state index contributed by atoms with van der Waals surface area (Å²) in [7, 11) is 0. The van der Waals surface area contributed by atoms with E-state index < -0.39 is 0 Å². The number of ether oxygens (including phenoxy) is 1. The van der Waals surface area contributed by atoms with Gasteiger partial charge in [-0.2, -0.15) is 0 Å². The van der Waals surface area contributed by atoms with Crippen LogP contribution in [0.15, 0.2) is 0 Å². The Labute approximate surface area is 49.5 Å². The summed E-state index contributed by atoms with van der Waals surface area (Å²) in [5.74, 6) is 0. The average Bonchev–Trinajstić information content (AvgIpc) is 2.14. The summed E-state index contributed by atoms with van der Waals surface area (Å²) >= 11 is 0. The Balaban J connectivity index is 2.30. The average molecular weight is 116 g/mol. The predicted molar refractivity (Wildman–Crippen MR) is 30.7 cm³/mol. The molecule has 1 aliphatic rings. The molecular weight excluding hydrogens is 104 g/mol. The van der Waals surface area contributed by atoms with Crippen molar-refractivity contribution < 1.29 is 9.84 Å². The molecular formula is C6H12O2. The van der Waals surface area contributed by atoms with Gasteiger partial charge in [0.1, 0.15) is 0 Å². The van der Waals surface area contributed by atoms with E-state index in [9.17, 15) is 0 Å². The predicted octanol–water partition coefficient (Wildman–Crippen LogP) is 0.546. The summed E-state index contributed by atoms with van der Waals surface area (Å²) in [6.07, 6.45) is 1.68. The van der Waals surface area contributed by atoms with E-state index in [2.05, 4.69) is 0 Å². The van der Waals surface area contributed by atoms with Crippen LogP contribution in [0.3, 0.4) is 0 Å². The second kappa shape index (κ2) is 2.46. The Morgan fingerprint density at radius 2 is 2.50 bits per heavy atom. The van der Waals surface area contributed by atoms with E-state index in [0.717, 1.165) is 19.4 Å². The Hall–Kier alpha value is -0.0800. The van der Waals surface area contributed by atoms with Crippen molar-refractivity contribution in [3.8, 4) is 0 Å². The molecule has 0 bridgehead atoms. The lowest BCUT2D eigenvalue weighted by Gasteiger charge is -2.08. The molecule has 0 aromatic carbocycles. The number of rotatable bonds is 1. The van der Waals surface area contributed by atoms with Gasteiger partial charge in [-0.15, -0.1) is 0 Å². The van der Waals surface area contributed by atoms with Crippen LogP contribution in [-0.2, 0) is 4.74 Å². The van der Waals surface area contributed by atoms with Gasteiger partial charge in [-0.3, -0.25) is 0 Å². The Bertz CT molecular complexity index is 72.9. The van der Waals surface area contributed by atoms with E-state index in [1.807, 2.05) is 6.92 Å². The van der Waals surface area contributed by atoms with E-state index in [0.29, 0.717) is 0 Å². The Morgan fingerprint density at radius 3 is 2.75 bits per heavy atom. The highest BCUT2D eigenvalue weighted by molar-refractivity contribution is 4.72. The van der Waals surface area contributed by atoms with Crippen LogP contribution in [0.1, 0.15) is 19.8 Å². The standard InChI is InChI=1S/C6H12O2/c1-2-6-5(7)3-4-8-6/h5-7H,2-4H2,1H3/t5-,6+/m0/s1. The lowest BCUT2D eigenvalue weighted by atomic mass is 10.1. The maximum absolute atomic E-state index is 9.06. The fourth-order valence-electron chi connectivity index (χ4n) is 1.03. The molecule has 0 spiro atoms. The number of aliphatic hydroxyl groups is 1. The van der Waals surface area contributed by atoms with Gasteiger partial charge in [-0.1, -0.05) is 6.92 Å². The van der Waals surface area contributed by atoms with Gasteiger partial charge in [0.05, 0.1) is 12.2 Å². The van der Waals surface area contributed by atoms with Crippen molar-refractivity contribution in [2.75, 3.05) is 6.61 Å². The summed E-state index contributed by atoms with van der Waals surface area (Å²) in [4.78, 5) is 0. The lowest BCUT2D eigenvalue weighted by Crippen LogP contribution is -2.18. The van der Waals surface area contributed by atoms with Crippen LogP contribution < -0.4 is 0 Å². The molecule has 0 amide bonds. The van der Waals surface area contributed by atoms with Crippen molar-refractivity contribution in [2.24, 2.45) is 0 Å². The van der Waals surface area contributed by atoms with Crippen LogP contribution in [0.4, 0.5) is 0 Å². The van der Waals surface area contributed by atoms with Crippen molar-refractivity contribution >= 4 is 0 Å². The van der Waals surface area contributed by atoms with Gasteiger partial charge < -0.3 is 9.84 Å². The summed E-state index contributed by atoms with van der Waals surface area (Å²) in [6.45, 7) is 2.76. The first kappa shape index (κ1) is 6.05. The van der Waals surface area contributed by atoms with Crippen LogP contribution in [-0.4, -0.2) is 23.9 Å². The van der Waals surface area contributed by atoms with Crippen LogP contribution >= 0.6 is 0 Å². The highest BCUT2D eigenvalue weighted by atomic mass is 16.5. The molecule has 1 aliphatic heterocycles. The van der Waals surface area contributed by atoms with E-state index in [1.165, 1.54) is 0 Å². The molecule has 48 valence electrons. The minimum absolute atomic E-state index is 0.120. The van der Waals surface area contributed by atoms with Crippen LogP contribution in [0, 0.1) is 0 Å². The number of hydrogen-bond donors (Lipinski definition) is 1. The minimum atomic E-state index is -0.194. The van der Waals surface area contributed by atoms with E-state index in [-0.39, 0.29) is 12.2 Å². The fourth-order valence-corrected chi connectivity index (χ4v) is 1.03. The SMILES string of the molecule is CC[C@H]1OCC[C@@H]1O. The van der Waals surface area contributed by atoms with Crippen molar-refractivity contribution in [1.29, 1.82) is 0 Å². The van der Waals surface area contributed by atoms with Crippen molar-refractivity contribution in [1.82, 2.24) is 0 Å². The molecule has 8 heavy (non-hydrogen) atoms. The Kier molecular flexibility index (Phi) is 1.86. The van der Waals surface area contributed by atoms with Crippen molar-refractivity contribution in [3.63, 3.8) is 0 Å². The molecule has 2 nitrogen and oxygen atoms in total. The molecule has 1 N–H and O–H groups in total. The highest BCUT2D eigenvalue weighted by Crippen LogP contribution is 2.15. The van der Waals surface area contributed by atoms with Gasteiger partial charge in [-0.05, 0) is 12.8 Å². The second-order valence-corrected chi connectivity index (χ2v) is 2.17. The van der Waals surface area contributed by atoms with E-state index >= 15 is 0 Å². The van der Waals surface area contributed by atoms with Gasteiger partial charge in [0.15, 0.2) is 0 Å². The van der Waals surface area contributed by atoms with Gasteiger partial charge >= 0.3 is 0 Å². The van der Waals surface area contributed by atoms with E-state index in [4.69, 9.17) is 9.84 Å². The third kappa shape index (κ3) is 1.01. The first-order chi connectivity index (χ1) is 3.84. The highest BCUT2D eigenvalue weighted by Gasteiger charge is 2.23. The van der Waals surface area contributed by atoms with Crippen LogP contribution in [0.25, 0.3) is 0 Å². The topological polar surface area (TPSA) is 29.5 Å². The maximum atomic E-state index is 9.06. The summed E-state index contributed by atoms with van der Waals surface area (Å²) in [6, 6.07) is 0. The molecule has 1 saturated heterocycles. The van der Waals surface area contributed by atoms with E-state index in [1.54, 1.807) is 0 Å². The molecule has 0 aliphatic carbocycles. The zero-order valence-electron chi connectivity index (χ0n) is 5.13. The number of aliphatic hydroxyl groups excluding tert-OH is 1. The third-order valence-corrected chi connectivity index (χ3v) is 1.58. The zero-order valence-corrected chi connectivity index (χ0v) is 5.13. The summed E-state index contributed by atoms with van der Waals surface area (Å²) < 4.78 is 5.16. The molecule has 1 rings (SSSR count). The van der Waals surface area contributed by atoms with Crippen molar-refractivity contribution in [2.45, 2.75) is 32.0 Å². The van der Waals surface area contributed by atoms with Gasteiger partial charge in [0.25, 0.3) is 0 Å². The fraction of sp³-hybridized carbons (Fsp3) is 1.00. The molecule has 2 atom stereocenters. The van der Waals surface area contributed by atoms with Crippen LogP contribution in [0.2, 0.25) is 0 Å². The normalized spacial score (nSPS) is 38.2. The molecule has 0 radical (unpaired) electrons. The van der Waals surface area contributed by atoms with Gasteiger partial charge in [0, 0.05) is 6.61 Å². The monoisotopic (exact) mass is 116 g/mol. The van der Waals surface area contributed by atoms with Gasteiger partial charge in [-0.25, -0.2) is 0 Å². The molecule has 0 aromatic rings. The first-order valence-corrected chi connectivity index (χ1v) is 3.14. The molecule has 0 unspecified atom stereocenters. The van der Waals surface area contributed by atoms with Crippen molar-refractivity contribution in [3.05, 3.63) is 0 Å². The smallest absolute Gasteiger partial charge is 0.0832 e. The third-order valence-electron chi connectivity index (χ3n) is 1.58. The molecule has 1 heterocycles. The van der Waals surface area contributed by atoms with Crippen LogP contribution in [0.5, 0.6) is 0 Å². The molecule has 0 saturated carbocycles. The number of hydrogen-bond acceptors (Lipinski definition) is 2. The molecule has 1 fully saturated rings. The lowest BCUT2D eigenvalue weighted by molar-refractivity contribution is 0.0402.